The highest BCUT2D eigenvalue weighted by Crippen LogP contribution is 2.24. The van der Waals surface area contributed by atoms with E-state index in [2.05, 4.69) is 10.3 Å². The number of fused-ring (bicyclic) bond motifs is 1. The Balaban J connectivity index is 1.84. The van der Waals surface area contributed by atoms with Gasteiger partial charge in [0.2, 0.25) is 0 Å². The van der Waals surface area contributed by atoms with Crippen molar-refractivity contribution in [1.29, 1.82) is 0 Å². The molecule has 0 spiro atoms. The van der Waals surface area contributed by atoms with Crippen molar-refractivity contribution < 1.29 is 4.79 Å². The highest BCUT2D eigenvalue weighted by Gasteiger charge is 2.11. The Bertz CT molecular complexity index is 810. The van der Waals surface area contributed by atoms with Crippen molar-refractivity contribution >= 4 is 33.0 Å². The third-order valence-corrected chi connectivity index (χ3v) is 4.18. The predicted molar refractivity (Wildman–Crippen MR) is 91.4 cm³/mol. The van der Waals surface area contributed by atoms with Crippen LogP contribution in [0.1, 0.15) is 16.1 Å². The number of pyridine rings is 1. The summed E-state index contributed by atoms with van der Waals surface area (Å²) in [7, 11) is 3.98. The summed E-state index contributed by atoms with van der Waals surface area (Å²) in [4.78, 5) is 18.9. The fourth-order valence-electron chi connectivity index (χ4n) is 2.36. The molecular weight excluding hydrogens is 294 g/mol. The van der Waals surface area contributed by atoms with Gasteiger partial charge in [-0.3, -0.25) is 9.78 Å². The third-order valence-electron chi connectivity index (χ3n) is 3.29. The van der Waals surface area contributed by atoms with E-state index in [9.17, 15) is 4.79 Å². The van der Waals surface area contributed by atoms with Crippen LogP contribution in [0.2, 0.25) is 0 Å². The molecule has 0 saturated heterocycles. The minimum Gasteiger partial charge on any atom is -0.322 e. The summed E-state index contributed by atoms with van der Waals surface area (Å²) in [5.74, 6) is -0.0917. The number of hydrogen-bond donors (Lipinski definition) is 1. The summed E-state index contributed by atoms with van der Waals surface area (Å²) in [6.45, 7) is 0.740. The van der Waals surface area contributed by atoms with Crippen molar-refractivity contribution in [2.24, 2.45) is 0 Å². The lowest BCUT2D eigenvalue weighted by atomic mass is 10.1. The zero-order valence-electron chi connectivity index (χ0n) is 12.5. The van der Waals surface area contributed by atoms with Gasteiger partial charge in [0.15, 0.2) is 0 Å². The smallest absolute Gasteiger partial charge is 0.256 e. The first kappa shape index (κ1) is 14.7. The largest absolute Gasteiger partial charge is 0.322 e. The van der Waals surface area contributed by atoms with Crippen LogP contribution in [-0.2, 0) is 6.54 Å². The first-order valence-corrected chi connectivity index (χ1v) is 7.89. The fourth-order valence-corrected chi connectivity index (χ4v) is 3.17. The molecule has 1 amide bonds. The molecule has 0 atom stereocenters. The van der Waals surface area contributed by atoms with Gasteiger partial charge in [-0.2, -0.15) is 0 Å². The van der Waals surface area contributed by atoms with Gasteiger partial charge in [-0.15, -0.1) is 11.3 Å². The van der Waals surface area contributed by atoms with E-state index in [0.29, 0.717) is 5.56 Å². The second kappa shape index (κ2) is 6.25. The van der Waals surface area contributed by atoms with Gasteiger partial charge in [0.05, 0.1) is 5.69 Å². The molecule has 0 aliphatic rings. The Morgan fingerprint density at radius 2 is 2.14 bits per heavy atom. The van der Waals surface area contributed by atoms with Crippen LogP contribution in [0.3, 0.4) is 0 Å². The Kier molecular flexibility index (Phi) is 4.18. The standard InChI is InChI=1S/C17H17N3OS/c1-20(2)11-13-10-12(6-8-18-13)19-17(21)15-4-3-5-16-14(15)7-9-22-16/h3-10H,11H2,1-2H3,(H,18,19,21). The quantitative estimate of drug-likeness (QED) is 0.800. The number of nitrogens with one attached hydrogen (secondary N) is 1. The Labute approximate surface area is 133 Å². The molecule has 3 aromatic rings. The first-order valence-electron chi connectivity index (χ1n) is 7.01. The van der Waals surface area contributed by atoms with Gasteiger partial charge in [-0.05, 0) is 49.8 Å². The second-order valence-electron chi connectivity index (χ2n) is 5.37. The minimum atomic E-state index is -0.0917. The molecule has 1 aromatic carbocycles. The summed E-state index contributed by atoms with van der Waals surface area (Å²) >= 11 is 1.64. The number of nitrogens with zero attached hydrogens (tertiary/aromatic N) is 2. The topological polar surface area (TPSA) is 45.2 Å². The van der Waals surface area contributed by atoms with Gasteiger partial charge in [0.1, 0.15) is 0 Å². The van der Waals surface area contributed by atoms with Crippen LogP contribution in [0, 0.1) is 0 Å². The lowest BCUT2D eigenvalue weighted by Gasteiger charge is -2.11. The van der Waals surface area contributed by atoms with Crippen LogP contribution in [0.5, 0.6) is 0 Å². The van der Waals surface area contributed by atoms with Crippen LogP contribution in [0.15, 0.2) is 48.0 Å². The van der Waals surface area contributed by atoms with Crippen LogP contribution < -0.4 is 5.32 Å². The molecule has 0 unspecified atom stereocenters. The lowest BCUT2D eigenvalue weighted by molar-refractivity contribution is 0.102. The molecular formula is C17H17N3OS. The normalized spacial score (nSPS) is 11.0. The number of carbonyl (C=O) groups is 1. The summed E-state index contributed by atoms with van der Waals surface area (Å²) in [6, 6.07) is 11.5. The molecule has 22 heavy (non-hydrogen) atoms. The number of amides is 1. The third kappa shape index (κ3) is 3.16. The number of carbonyl (C=O) groups excluding carboxylic acids is 1. The Morgan fingerprint density at radius 3 is 2.95 bits per heavy atom. The van der Waals surface area contributed by atoms with E-state index in [1.807, 2.05) is 60.8 Å². The Morgan fingerprint density at radius 1 is 1.27 bits per heavy atom. The zero-order valence-corrected chi connectivity index (χ0v) is 13.4. The number of thiophene rings is 1. The van der Waals surface area contributed by atoms with Gasteiger partial charge in [-0.25, -0.2) is 0 Å². The van der Waals surface area contributed by atoms with Crippen LogP contribution in [0.25, 0.3) is 10.1 Å². The van der Waals surface area contributed by atoms with E-state index in [4.69, 9.17) is 0 Å². The number of aromatic nitrogens is 1. The second-order valence-corrected chi connectivity index (χ2v) is 6.31. The highest BCUT2D eigenvalue weighted by molar-refractivity contribution is 7.17. The van der Waals surface area contributed by atoms with Gasteiger partial charge < -0.3 is 10.2 Å². The van der Waals surface area contributed by atoms with Crippen molar-refractivity contribution in [3.8, 4) is 0 Å². The molecule has 112 valence electrons. The SMILES string of the molecule is CN(C)Cc1cc(NC(=O)c2cccc3sccc23)ccn1. The molecule has 0 radical (unpaired) electrons. The lowest BCUT2D eigenvalue weighted by Crippen LogP contribution is -2.14. The van der Waals surface area contributed by atoms with Crippen LogP contribution >= 0.6 is 11.3 Å². The molecule has 2 heterocycles. The average molecular weight is 311 g/mol. The molecule has 1 N–H and O–H groups in total. The van der Waals surface area contributed by atoms with Gasteiger partial charge in [0.25, 0.3) is 5.91 Å². The van der Waals surface area contributed by atoms with E-state index in [0.717, 1.165) is 28.0 Å². The fraction of sp³-hybridized carbons (Fsp3) is 0.176. The van der Waals surface area contributed by atoms with Gasteiger partial charge in [0, 0.05) is 34.1 Å². The number of anilines is 1. The maximum Gasteiger partial charge on any atom is 0.256 e. The average Bonchev–Trinajstić information content (AvgIpc) is 2.95. The van der Waals surface area contributed by atoms with E-state index < -0.39 is 0 Å². The summed E-state index contributed by atoms with van der Waals surface area (Å²) < 4.78 is 1.12. The van der Waals surface area contributed by atoms with Gasteiger partial charge >= 0.3 is 0 Å². The number of hydrogen-bond acceptors (Lipinski definition) is 4. The maximum absolute atomic E-state index is 12.5. The van der Waals surface area contributed by atoms with Crippen molar-refractivity contribution in [1.82, 2.24) is 9.88 Å². The van der Waals surface area contributed by atoms with E-state index >= 15 is 0 Å². The molecule has 0 fully saturated rings. The zero-order chi connectivity index (χ0) is 15.5. The highest BCUT2D eigenvalue weighted by atomic mass is 32.1. The molecule has 0 bridgehead atoms. The predicted octanol–water partition coefficient (Wildman–Crippen LogP) is 3.61. The van der Waals surface area contributed by atoms with Crippen LogP contribution in [0.4, 0.5) is 5.69 Å². The molecule has 3 rings (SSSR count). The summed E-state index contributed by atoms with van der Waals surface area (Å²) in [5, 5.41) is 5.96. The Hall–Kier alpha value is -2.24. The minimum absolute atomic E-state index is 0.0917. The van der Waals surface area contributed by atoms with E-state index in [1.54, 1.807) is 17.5 Å². The van der Waals surface area contributed by atoms with Crippen molar-refractivity contribution in [2.75, 3.05) is 19.4 Å². The summed E-state index contributed by atoms with van der Waals surface area (Å²) in [6.07, 6.45) is 1.72. The molecule has 0 saturated carbocycles. The van der Waals surface area contributed by atoms with Crippen molar-refractivity contribution in [3.05, 3.63) is 59.2 Å². The number of benzene rings is 1. The first-order chi connectivity index (χ1) is 10.6. The molecule has 0 aliphatic heterocycles. The monoisotopic (exact) mass is 311 g/mol. The molecule has 4 nitrogen and oxygen atoms in total. The van der Waals surface area contributed by atoms with Crippen LogP contribution in [-0.4, -0.2) is 29.9 Å². The maximum atomic E-state index is 12.5. The molecule has 2 aromatic heterocycles. The van der Waals surface area contributed by atoms with Crippen molar-refractivity contribution in [2.45, 2.75) is 6.54 Å². The van der Waals surface area contributed by atoms with E-state index in [1.165, 1.54) is 0 Å². The summed E-state index contributed by atoms with van der Waals surface area (Å²) in [5.41, 5.74) is 2.39. The van der Waals surface area contributed by atoms with Gasteiger partial charge in [-0.1, -0.05) is 6.07 Å². The number of rotatable bonds is 4. The van der Waals surface area contributed by atoms with E-state index in [-0.39, 0.29) is 5.91 Å². The molecule has 5 heteroatoms. The molecule has 0 aliphatic carbocycles. The van der Waals surface area contributed by atoms with Crippen molar-refractivity contribution in [3.63, 3.8) is 0 Å².